The van der Waals surface area contributed by atoms with Gasteiger partial charge in [-0.15, -0.1) is 11.3 Å². The normalized spacial score (nSPS) is 19.1. The van der Waals surface area contributed by atoms with E-state index in [2.05, 4.69) is 43.2 Å². The summed E-state index contributed by atoms with van der Waals surface area (Å²) in [6.07, 6.45) is 0.751. The summed E-state index contributed by atoms with van der Waals surface area (Å²) in [5, 5.41) is 3.51. The van der Waals surface area contributed by atoms with Gasteiger partial charge in [-0.2, -0.15) is 0 Å². The van der Waals surface area contributed by atoms with Crippen LogP contribution in [-0.4, -0.2) is 35.7 Å². The van der Waals surface area contributed by atoms with Crippen molar-refractivity contribution >= 4 is 49.3 Å². The van der Waals surface area contributed by atoms with Crippen LogP contribution in [-0.2, 0) is 11.3 Å². The van der Waals surface area contributed by atoms with Gasteiger partial charge in [0, 0.05) is 35.0 Å². The van der Waals surface area contributed by atoms with E-state index in [4.69, 9.17) is 4.74 Å². The summed E-state index contributed by atoms with van der Waals surface area (Å²) < 4.78 is 7.60. The Bertz CT molecular complexity index is 494. The van der Waals surface area contributed by atoms with E-state index in [0.29, 0.717) is 12.6 Å². The summed E-state index contributed by atoms with van der Waals surface area (Å²) in [4.78, 5) is 15.0. The molecule has 1 amide bonds. The monoisotopic (exact) mass is 438 g/mol. The van der Waals surface area contributed by atoms with Gasteiger partial charge >= 0.3 is 6.09 Å². The van der Waals surface area contributed by atoms with Crippen molar-refractivity contribution in [1.29, 1.82) is 0 Å². The SMILES string of the molecule is CC(C)(C)OC(=O)N1CCC(NCc2cc(Br)c(Br)s2)C1. The molecule has 1 aromatic rings. The fourth-order valence-corrected chi connectivity index (χ4v) is 4.27. The predicted octanol–water partition coefficient (Wildman–Crippen LogP) is 4.37. The number of nitrogens with one attached hydrogen (secondary N) is 1. The zero-order chi connectivity index (χ0) is 15.6. The van der Waals surface area contributed by atoms with Crippen LogP contribution in [0.15, 0.2) is 14.3 Å². The number of carbonyl (C=O) groups excluding carboxylic acids is 1. The molecule has 1 aliphatic heterocycles. The molecule has 4 nitrogen and oxygen atoms in total. The smallest absolute Gasteiger partial charge is 0.410 e. The van der Waals surface area contributed by atoms with E-state index >= 15 is 0 Å². The van der Waals surface area contributed by atoms with Crippen LogP contribution in [0.3, 0.4) is 0 Å². The number of rotatable bonds is 3. The lowest BCUT2D eigenvalue weighted by Gasteiger charge is -2.24. The molecule has 2 rings (SSSR count). The van der Waals surface area contributed by atoms with Crippen LogP contribution in [0.1, 0.15) is 32.1 Å². The maximum absolute atomic E-state index is 12.0. The molecule has 0 bridgehead atoms. The third-order valence-electron chi connectivity index (χ3n) is 3.10. The standard InChI is InChI=1S/C14H20Br2N2O2S/c1-14(2,3)20-13(19)18-5-4-9(8-18)17-7-10-6-11(15)12(16)21-10/h6,9,17H,4-5,7-8H2,1-3H3. The van der Waals surface area contributed by atoms with Crippen LogP contribution >= 0.6 is 43.2 Å². The number of carbonyl (C=O) groups is 1. The lowest BCUT2D eigenvalue weighted by molar-refractivity contribution is 0.0291. The zero-order valence-corrected chi connectivity index (χ0v) is 16.4. The highest BCUT2D eigenvalue weighted by atomic mass is 79.9. The van der Waals surface area contributed by atoms with Gasteiger partial charge in [0.15, 0.2) is 0 Å². The summed E-state index contributed by atoms with van der Waals surface area (Å²) >= 11 is 8.71. The van der Waals surface area contributed by atoms with E-state index < -0.39 is 5.60 Å². The maximum Gasteiger partial charge on any atom is 0.410 e. The van der Waals surface area contributed by atoms with Crippen molar-refractivity contribution in [2.24, 2.45) is 0 Å². The molecule has 1 unspecified atom stereocenters. The molecule has 1 N–H and O–H groups in total. The fourth-order valence-electron chi connectivity index (χ4n) is 2.14. The van der Waals surface area contributed by atoms with E-state index in [0.717, 1.165) is 27.8 Å². The third-order valence-corrected chi connectivity index (χ3v) is 6.36. The Morgan fingerprint density at radius 3 is 2.81 bits per heavy atom. The van der Waals surface area contributed by atoms with Crippen LogP contribution in [0.25, 0.3) is 0 Å². The zero-order valence-electron chi connectivity index (χ0n) is 12.4. The van der Waals surface area contributed by atoms with Crippen LogP contribution in [0, 0.1) is 0 Å². The summed E-state index contributed by atoms with van der Waals surface area (Å²) in [6, 6.07) is 2.44. The van der Waals surface area contributed by atoms with Gasteiger partial charge in [-0.1, -0.05) is 0 Å². The molecule has 0 aromatic carbocycles. The molecule has 118 valence electrons. The summed E-state index contributed by atoms with van der Waals surface area (Å²) in [7, 11) is 0. The highest BCUT2D eigenvalue weighted by molar-refractivity contribution is 9.13. The Morgan fingerprint density at radius 1 is 1.52 bits per heavy atom. The minimum Gasteiger partial charge on any atom is -0.444 e. The Hall–Kier alpha value is -0.110. The number of hydrogen-bond donors (Lipinski definition) is 1. The molecular formula is C14H20Br2N2O2S. The van der Waals surface area contributed by atoms with Gasteiger partial charge in [-0.3, -0.25) is 0 Å². The van der Waals surface area contributed by atoms with Crippen LogP contribution in [0.5, 0.6) is 0 Å². The van der Waals surface area contributed by atoms with Gasteiger partial charge in [0.1, 0.15) is 5.60 Å². The first-order valence-corrected chi connectivity index (χ1v) is 9.30. The topological polar surface area (TPSA) is 41.6 Å². The van der Waals surface area contributed by atoms with Gasteiger partial charge in [-0.05, 0) is 65.1 Å². The maximum atomic E-state index is 12.0. The van der Waals surface area contributed by atoms with Gasteiger partial charge in [-0.25, -0.2) is 4.79 Å². The molecule has 1 fully saturated rings. The molecule has 0 radical (unpaired) electrons. The Morgan fingerprint density at radius 2 is 2.24 bits per heavy atom. The van der Waals surface area contributed by atoms with Crippen molar-refractivity contribution in [3.05, 3.63) is 19.2 Å². The van der Waals surface area contributed by atoms with Crippen molar-refractivity contribution in [3.63, 3.8) is 0 Å². The minimum absolute atomic E-state index is 0.214. The number of amides is 1. The first-order chi connectivity index (χ1) is 9.74. The third kappa shape index (κ3) is 5.23. The van der Waals surface area contributed by atoms with E-state index in [1.165, 1.54) is 4.88 Å². The second-order valence-electron chi connectivity index (χ2n) is 6.13. The van der Waals surface area contributed by atoms with Crippen molar-refractivity contribution in [1.82, 2.24) is 10.2 Å². The highest BCUT2D eigenvalue weighted by Crippen LogP contribution is 2.32. The largest absolute Gasteiger partial charge is 0.444 e. The number of thiophene rings is 1. The first kappa shape index (κ1) is 17.2. The Balaban J connectivity index is 1.79. The molecule has 1 aromatic heterocycles. The van der Waals surface area contributed by atoms with Crippen molar-refractivity contribution < 1.29 is 9.53 Å². The molecular weight excluding hydrogens is 420 g/mol. The van der Waals surface area contributed by atoms with E-state index in [1.807, 2.05) is 20.8 Å². The minimum atomic E-state index is -0.432. The van der Waals surface area contributed by atoms with Gasteiger partial charge < -0.3 is 15.0 Å². The predicted molar refractivity (Wildman–Crippen MR) is 92.8 cm³/mol. The quantitative estimate of drug-likeness (QED) is 0.759. The van der Waals surface area contributed by atoms with Crippen LogP contribution in [0.2, 0.25) is 0 Å². The number of likely N-dealkylation sites (tertiary alicyclic amines) is 1. The number of hydrogen-bond acceptors (Lipinski definition) is 4. The lowest BCUT2D eigenvalue weighted by atomic mass is 10.2. The molecule has 1 saturated heterocycles. The Labute approximate surface area is 146 Å². The summed E-state index contributed by atoms with van der Waals surface area (Å²) in [5.41, 5.74) is -0.432. The van der Waals surface area contributed by atoms with Crippen LogP contribution < -0.4 is 5.32 Å². The highest BCUT2D eigenvalue weighted by Gasteiger charge is 2.29. The lowest BCUT2D eigenvalue weighted by Crippen LogP contribution is -2.38. The first-order valence-electron chi connectivity index (χ1n) is 6.89. The molecule has 1 aliphatic rings. The van der Waals surface area contributed by atoms with Crippen molar-refractivity contribution in [3.8, 4) is 0 Å². The van der Waals surface area contributed by atoms with Crippen molar-refractivity contribution in [2.75, 3.05) is 13.1 Å². The van der Waals surface area contributed by atoms with E-state index in [1.54, 1.807) is 16.2 Å². The Kier molecular flexibility index (Phi) is 5.73. The van der Waals surface area contributed by atoms with Crippen molar-refractivity contribution in [2.45, 2.75) is 45.4 Å². The van der Waals surface area contributed by atoms with Gasteiger partial charge in [0.25, 0.3) is 0 Å². The van der Waals surface area contributed by atoms with Gasteiger partial charge in [0.05, 0.1) is 3.79 Å². The molecule has 1 atom stereocenters. The second kappa shape index (κ2) is 6.98. The van der Waals surface area contributed by atoms with E-state index in [-0.39, 0.29) is 6.09 Å². The number of nitrogens with zero attached hydrogens (tertiary/aromatic N) is 1. The number of ether oxygens (including phenoxy) is 1. The number of halogens is 2. The summed E-state index contributed by atoms with van der Waals surface area (Å²) in [6.45, 7) is 7.96. The average Bonchev–Trinajstić information content (AvgIpc) is 2.93. The van der Waals surface area contributed by atoms with Crippen LogP contribution in [0.4, 0.5) is 4.79 Å². The fraction of sp³-hybridized carbons (Fsp3) is 0.643. The van der Waals surface area contributed by atoms with Gasteiger partial charge in [0.2, 0.25) is 0 Å². The average molecular weight is 440 g/mol. The molecule has 0 spiro atoms. The molecule has 0 aliphatic carbocycles. The summed E-state index contributed by atoms with van der Waals surface area (Å²) in [5.74, 6) is 0. The molecule has 0 saturated carbocycles. The molecule has 21 heavy (non-hydrogen) atoms. The second-order valence-corrected chi connectivity index (χ2v) is 9.44. The van der Waals surface area contributed by atoms with E-state index in [9.17, 15) is 4.79 Å². The molecule has 7 heteroatoms. The molecule has 2 heterocycles.